The Kier molecular flexibility index (Phi) is 7.65. The van der Waals surface area contributed by atoms with Gasteiger partial charge in [-0.15, -0.1) is 0 Å². The molecule has 0 unspecified atom stereocenters. The van der Waals surface area contributed by atoms with E-state index in [0.717, 1.165) is 21.8 Å². The Balaban J connectivity index is 1.49. The zero-order valence-electron chi connectivity index (χ0n) is 18.1. The quantitative estimate of drug-likeness (QED) is 0.614. The Labute approximate surface area is 182 Å². The van der Waals surface area contributed by atoms with E-state index < -0.39 is 36.2 Å². The van der Waals surface area contributed by atoms with Gasteiger partial charge in [0.2, 0.25) is 5.91 Å². The number of nitrogens with zero attached hydrogens (tertiary/aromatic N) is 1. The maximum absolute atomic E-state index is 12.9. The van der Waals surface area contributed by atoms with Crippen molar-refractivity contribution < 1.29 is 28.9 Å². The van der Waals surface area contributed by atoms with E-state index in [1.54, 1.807) is 21.0 Å². The fourth-order valence-electron chi connectivity index (χ4n) is 3.60. The molecular formula is C24H29NO6. The van der Waals surface area contributed by atoms with Crippen LogP contribution in [0.3, 0.4) is 0 Å². The molecule has 2 amide bonds. The third-order valence-electron chi connectivity index (χ3n) is 5.59. The van der Waals surface area contributed by atoms with Crippen molar-refractivity contribution in [1.29, 1.82) is 0 Å². The molecule has 0 spiro atoms. The summed E-state index contributed by atoms with van der Waals surface area (Å²) in [5.41, 5.74) is 1.82. The zero-order chi connectivity index (χ0) is 22.4. The zero-order valence-corrected chi connectivity index (χ0v) is 18.1. The van der Waals surface area contributed by atoms with Crippen molar-refractivity contribution in [2.75, 3.05) is 13.7 Å². The molecule has 7 heteroatoms. The number of aliphatic hydroxyl groups excluding tert-OH is 1. The topological polar surface area (TPSA) is 85.3 Å². The normalized spacial score (nSPS) is 20.3. The number of methoxy groups -OCH3 is 1. The van der Waals surface area contributed by atoms with Crippen LogP contribution >= 0.6 is 0 Å². The number of rotatable bonds is 9. The summed E-state index contributed by atoms with van der Waals surface area (Å²) in [4.78, 5) is 26.4. The summed E-state index contributed by atoms with van der Waals surface area (Å²) < 4.78 is 16.2. The lowest BCUT2D eigenvalue weighted by molar-refractivity contribution is -0.136. The molecule has 2 aromatic carbocycles. The Bertz CT molecular complexity index is 869. The highest BCUT2D eigenvalue weighted by atomic mass is 16.6. The van der Waals surface area contributed by atoms with E-state index in [1.807, 2.05) is 54.6 Å². The van der Waals surface area contributed by atoms with Gasteiger partial charge in [-0.05, 0) is 36.6 Å². The summed E-state index contributed by atoms with van der Waals surface area (Å²) >= 11 is 0. The number of aliphatic hydroxyl groups is 1. The monoisotopic (exact) mass is 427 g/mol. The highest BCUT2D eigenvalue weighted by Crippen LogP contribution is 2.33. The molecule has 3 rings (SSSR count). The van der Waals surface area contributed by atoms with Crippen molar-refractivity contribution in [2.24, 2.45) is 5.92 Å². The van der Waals surface area contributed by atoms with Gasteiger partial charge in [-0.25, -0.2) is 9.69 Å². The highest BCUT2D eigenvalue weighted by molar-refractivity contribution is 5.95. The van der Waals surface area contributed by atoms with Crippen LogP contribution in [0.25, 0.3) is 0 Å². The minimum absolute atomic E-state index is 0.280. The van der Waals surface area contributed by atoms with E-state index in [9.17, 15) is 14.7 Å². The average molecular weight is 427 g/mol. The summed E-state index contributed by atoms with van der Waals surface area (Å²) in [6.45, 7) is 4.08. The van der Waals surface area contributed by atoms with Crippen LogP contribution in [0.5, 0.6) is 5.75 Å². The fourth-order valence-corrected chi connectivity index (χ4v) is 3.60. The fraction of sp³-hybridized carbons (Fsp3) is 0.417. The van der Waals surface area contributed by atoms with Crippen LogP contribution in [0.4, 0.5) is 4.79 Å². The van der Waals surface area contributed by atoms with Gasteiger partial charge in [0.25, 0.3) is 0 Å². The Morgan fingerprint density at radius 3 is 2.48 bits per heavy atom. The number of carbonyl (C=O) groups excluding carboxylic acids is 2. The van der Waals surface area contributed by atoms with Crippen molar-refractivity contribution in [3.8, 4) is 5.75 Å². The number of amides is 2. The van der Waals surface area contributed by atoms with Gasteiger partial charge in [-0.1, -0.05) is 49.4 Å². The molecule has 4 atom stereocenters. The SMILES string of the molecule is COc1ccc(COCC[C@@H](O)[C@H](C)C(=O)N2C(=O)O[C@H](c3ccccc3)[C@@H]2C)cc1. The second kappa shape index (κ2) is 10.4. The van der Waals surface area contributed by atoms with E-state index in [2.05, 4.69) is 0 Å². The van der Waals surface area contributed by atoms with Gasteiger partial charge in [0.1, 0.15) is 11.9 Å². The number of imide groups is 1. The molecule has 0 aromatic heterocycles. The first kappa shape index (κ1) is 22.8. The van der Waals surface area contributed by atoms with Crippen LogP contribution in [0.2, 0.25) is 0 Å². The number of carbonyl (C=O) groups is 2. The van der Waals surface area contributed by atoms with Crippen molar-refractivity contribution in [3.05, 3.63) is 65.7 Å². The maximum atomic E-state index is 12.9. The molecule has 1 heterocycles. The first-order chi connectivity index (χ1) is 14.9. The summed E-state index contributed by atoms with van der Waals surface area (Å²) in [7, 11) is 1.61. The van der Waals surface area contributed by atoms with Gasteiger partial charge in [0.15, 0.2) is 0 Å². The average Bonchev–Trinajstić information content (AvgIpc) is 3.10. The van der Waals surface area contributed by atoms with Crippen LogP contribution in [-0.2, 0) is 20.9 Å². The Morgan fingerprint density at radius 2 is 1.84 bits per heavy atom. The molecule has 31 heavy (non-hydrogen) atoms. The van der Waals surface area contributed by atoms with Crippen LogP contribution < -0.4 is 4.74 Å². The minimum atomic E-state index is -0.931. The lowest BCUT2D eigenvalue weighted by Crippen LogP contribution is -2.44. The van der Waals surface area contributed by atoms with Gasteiger partial charge in [0.05, 0.1) is 31.8 Å². The molecule has 1 N–H and O–H groups in total. The van der Waals surface area contributed by atoms with Crippen LogP contribution in [0.15, 0.2) is 54.6 Å². The first-order valence-corrected chi connectivity index (χ1v) is 10.4. The number of ether oxygens (including phenoxy) is 3. The van der Waals surface area contributed by atoms with Crippen LogP contribution in [-0.4, -0.2) is 47.9 Å². The number of benzene rings is 2. The van der Waals surface area contributed by atoms with Gasteiger partial charge in [-0.3, -0.25) is 4.79 Å². The largest absolute Gasteiger partial charge is 0.497 e. The van der Waals surface area contributed by atoms with E-state index >= 15 is 0 Å². The molecule has 1 fully saturated rings. The minimum Gasteiger partial charge on any atom is -0.497 e. The van der Waals surface area contributed by atoms with E-state index in [-0.39, 0.29) is 13.0 Å². The van der Waals surface area contributed by atoms with Crippen LogP contribution in [0, 0.1) is 5.92 Å². The standard InChI is InChI=1S/C24H29NO6/c1-16(21(26)13-14-30-15-18-9-11-20(29-3)12-10-18)23(27)25-17(2)22(31-24(25)28)19-7-5-4-6-8-19/h4-12,16-17,21-22,26H,13-15H2,1-3H3/t16-,17-,21+,22-/m0/s1. The lowest BCUT2D eigenvalue weighted by atomic mass is 9.98. The number of hydrogen-bond donors (Lipinski definition) is 1. The molecule has 0 aliphatic carbocycles. The Morgan fingerprint density at radius 1 is 1.16 bits per heavy atom. The van der Waals surface area contributed by atoms with Crippen molar-refractivity contribution in [3.63, 3.8) is 0 Å². The first-order valence-electron chi connectivity index (χ1n) is 10.4. The van der Waals surface area contributed by atoms with E-state index in [0.29, 0.717) is 6.61 Å². The maximum Gasteiger partial charge on any atom is 0.417 e. The lowest BCUT2D eigenvalue weighted by Gasteiger charge is -2.25. The molecule has 1 saturated heterocycles. The van der Waals surface area contributed by atoms with Gasteiger partial charge < -0.3 is 19.3 Å². The third kappa shape index (κ3) is 5.42. The predicted octanol–water partition coefficient (Wildman–Crippen LogP) is 3.71. The summed E-state index contributed by atoms with van der Waals surface area (Å²) in [5, 5.41) is 10.5. The second-order valence-electron chi connectivity index (χ2n) is 7.71. The third-order valence-corrected chi connectivity index (χ3v) is 5.59. The summed E-state index contributed by atoms with van der Waals surface area (Å²) in [6.07, 6.45) is -1.85. The number of hydrogen-bond acceptors (Lipinski definition) is 6. The molecule has 1 aliphatic rings. The molecule has 0 bridgehead atoms. The molecule has 2 aromatic rings. The highest BCUT2D eigenvalue weighted by Gasteiger charge is 2.45. The predicted molar refractivity (Wildman–Crippen MR) is 114 cm³/mol. The van der Waals surface area contributed by atoms with Crippen molar-refractivity contribution >= 4 is 12.0 Å². The van der Waals surface area contributed by atoms with Gasteiger partial charge >= 0.3 is 6.09 Å². The van der Waals surface area contributed by atoms with Gasteiger partial charge in [0, 0.05) is 6.61 Å². The van der Waals surface area contributed by atoms with E-state index in [4.69, 9.17) is 14.2 Å². The van der Waals surface area contributed by atoms with Crippen molar-refractivity contribution in [2.45, 2.75) is 45.1 Å². The van der Waals surface area contributed by atoms with Crippen molar-refractivity contribution in [1.82, 2.24) is 4.90 Å². The second-order valence-corrected chi connectivity index (χ2v) is 7.71. The van der Waals surface area contributed by atoms with E-state index in [1.165, 1.54) is 0 Å². The Hall–Kier alpha value is -2.90. The van der Waals surface area contributed by atoms with Gasteiger partial charge in [-0.2, -0.15) is 0 Å². The van der Waals surface area contributed by atoms with Crippen LogP contribution in [0.1, 0.15) is 37.5 Å². The molecular weight excluding hydrogens is 398 g/mol. The molecule has 0 radical (unpaired) electrons. The smallest absolute Gasteiger partial charge is 0.417 e. The number of cyclic esters (lactones) is 1. The summed E-state index contributed by atoms with van der Waals surface area (Å²) in [6, 6.07) is 16.4. The summed E-state index contributed by atoms with van der Waals surface area (Å²) in [5.74, 6) is -0.427. The molecule has 0 saturated carbocycles. The molecule has 166 valence electrons. The molecule has 7 nitrogen and oxygen atoms in total. The molecule has 1 aliphatic heterocycles.